The topological polar surface area (TPSA) is 29.3 Å². The Morgan fingerprint density at radius 3 is 2.83 bits per heavy atom. The van der Waals surface area contributed by atoms with Gasteiger partial charge in [-0.3, -0.25) is 4.90 Å². The summed E-state index contributed by atoms with van der Waals surface area (Å²) in [6, 6.07) is -0.103. The second-order valence-corrected chi connectivity index (χ2v) is 3.42. The van der Waals surface area contributed by atoms with Crippen molar-refractivity contribution in [2.75, 3.05) is 13.1 Å². The van der Waals surface area contributed by atoms with Crippen LogP contribution >= 0.6 is 12.2 Å². The SMILES string of the molecule is NC(=S)C1CCCN1CC(F)F. The highest BCUT2D eigenvalue weighted by Gasteiger charge is 2.28. The lowest BCUT2D eigenvalue weighted by molar-refractivity contribution is 0.0927. The number of nitrogens with two attached hydrogens (primary N) is 1. The molecule has 1 rings (SSSR count). The van der Waals surface area contributed by atoms with Crippen molar-refractivity contribution in [3.05, 3.63) is 0 Å². The van der Waals surface area contributed by atoms with Crippen molar-refractivity contribution in [2.45, 2.75) is 25.3 Å². The number of thiocarbonyl (C=S) groups is 1. The summed E-state index contributed by atoms with van der Waals surface area (Å²) >= 11 is 4.78. The van der Waals surface area contributed by atoms with Crippen molar-refractivity contribution >= 4 is 17.2 Å². The Hall–Kier alpha value is -0.290. The Balaban J connectivity index is 2.46. The third-order valence-corrected chi connectivity index (χ3v) is 2.34. The Morgan fingerprint density at radius 2 is 2.33 bits per heavy atom. The molecule has 1 aliphatic rings. The molecule has 70 valence electrons. The van der Waals surface area contributed by atoms with E-state index in [1.165, 1.54) is 0 Å². The van der Waals surface area contributed by atoms with E-state index in [1.54, 1.807) is 4.90 Å². The number of hydrogen-bond donors (Lipinski definition) is 1. The van der Waals surface area contributed by atoms with Gasteiger partial charge in [0, 0.05) is 0 Å². The van der Waals surface area contributed by atoms with E-state index in [9.17, 15) is 8.78 Å². The highest BCUT2D eigenvalue weighted by Crippen LogP contribution is 2.18. The minimum Gasteiger partial charge on any atom is -0.392 e. The van der Waals surface area contributed by atoms with Crippen LogP contribution in [0, 0.1) is 0 Å². The molecule has 0 aliphatic carbocycles. The molecule has 1 unspecified atom stereocenters. The summed E-state index contributed by atoms with van der Waals surface area (Å²) in [5.41, 5.74) is 5.41. The summed E-state index contributed by atoms with van der Waals surface area (Å²) in [5, 5.41) is 0. The first-order valence-electron chi connectivity index (χ1n) is 3.93. The van der Waals surface area contributed by atoms with Crippen molar-refractivity contribution in [3.63, 3.8) is 0 Å². The van der Waals surface area contributed by atoms with E-state index in [0.29, 0.717) is 11.5 Å². The zero-order valence-electron chi connectivity index (χ0n) is 6.67. The van der Waals surface area contributed by atoms with Crippen molar-refractivity contribution in [1.82, 2.24) is 4.90 Å². The summed E-state index contributed by atoms with van der Waals surface area (Å²) in [4.78, 5) is 2.00. The number of likely N-dealkylation sites (tertiary alicyclic amines) is 1. The highest BCUT2D eigenvalue weighted by molar-refractivity contribution is 7.80. The normalized spacial score (nSPS) is 25.1. The lowest BCUT2D eigenvalue weighted by Gasteiger charge is -2.22. The molecular weight excluding hydrogens is 182 g/mol. The predicted octanol–water partition coefficient (Wildman–Crippen LogP) is 1.00. The molecule has 0 spiro atoms. The fourth-order valence-corrected chi connectivity index (χ4v) is 1.81. The van der Waals surface area contributed by atoms with E-state index < -0.39 is 6.43 Å². The first kappa shape index (κ1) is 9.80. The number of nitrogens with zero attached hydrogens (tertiary/aromatic N) is 1. The van der Waals surface area contributed by atoms with Gasteiger partial charge in [0.25, 0.3) is 6.43 Å². The number of halogens is 2. The molecule has 1 heterocycles. The molecule has 5 heteroatoms. The van der Waals surface area contributed by atoms with Gasteiger partial charge in [-0.15, -0.1) is 0 Å². The zero-order valence-corrected chi connectivity index (χ0v) is 7.49. The van der Waals surface area contributed by atoms with E-state index in [2.05, 4.69) is 0 Å². The van der Waals surface area contributed by atoms with Gasteiger partial charge in [0.05, 0.1) is 17.6 Å². The lowest BCUT2D eigenvalue weighted by Crippen LogP contribution is -2.41. The van der Waals surface area contributed by atoms with Gasteiger partial charge >= 0.3 is 0 Å². The molecule has 2 N–H and O–H groups in total. The van der Waals surface area contributed by atoms with Gasteiger partial charge < -0.3 is 5.73 Å². The standard InChI is InChI=1S/C7H12F2N2S/c8-6(9)4-11-3-1-2-5(11)7(10)12/h5-6H,1-4H2,(H2,10,12). The summed E-state index contributed by atoms with van der Waals surface area (Å²) in [6.45, 7) is 0.481. The predicted molar refractivity (Wildman–Crippen MR) is 47.4 cm³/mol. The molecule has 1 aliphatic heterocycles. The Morgan fingerprint density at radius 1 is 1.67 bits per heavy atom. The van der Waals surface area contributed by atoms with Crippen LogP contribution in [0.1, 0.15) is 12.8 Å². The molecular formula is C7H12F2N2S. The quantitative estimate of drug-likeness (QED) is 0.680. The van der Waals surface area contributed by atoms with E-state index >= 15 is 0 Å². The molecule has 1 atom stereocenters. The fourth-order valence-electron chi connectivity index (χ4n) is 1.54. The first-order chi connectivity index (χ1) is 5.61. The van der Waals surface area contributed by atoms with Crippen LogP contribution in [0.25, 0.3) is 0 Å². The maximum atomic E-state index is 12.0. The summed E-state index contributed by atoms with van der Waals surface area (Å²) in [7, 11) is 0. The Labute approximate surface area is 75.7 Å². The van der Waals surface area contributed by atoms with Crippen molar-refractivity contribution in [1.29, 1.82) is 0 Å². The maximum Gasteiger partial charge on any atom is 0.251 e. The molecule has 0 saturated carbocycles. The maximum absolute atomic E-state index is 12.0. The third-order valence-electron chi connectivity index (χ3n) is 2.06. The fraction of sp³-hybridized carbons (Fsp3) is 0.857. The van der Waals surface area contributed by atoms with E-state index in [0.717, 1.165) is 12.8 Å². The second kappa shape index (κ2) is 4.09. The van der Waals surface area contributed by atoms with Crippen molar-refractivity contribution < 1.29 is 8.78 Å². The molecule has 1 fully saturated rings. The van der Waals surface area contributed by atoms with Crippen LogP contribution in [0.3, 0.4) is 0 Å². The van der Waals surface area contributed by atoms with Gasteiger partial charge in [0.2, 0.25) is 0 Å². The molecule has 0 radical (unpaired) electrons. The van der Waals surface area contributed by atoms with Gasteiger partial charge in [-0.25, -0.2) is 8.78 Å². The Bertz CT molecular complexity index is 175. The molecule has 0 aromatic heterocycles. The van der Waals surface area contributed by atoms with Crippen molar-refractivity contribution in [3.8, 4) is 0 Å². The average Bonchev–Trinajstić information content (AvgIpc) is 2.33. The number of rotatable bonds is 3. The summed E-state index contributed by atoms with van der Waals surface area (Å²) < 4.78 is 24.0. The number of alkyl halides is 2. The van der Waals surface area contributed by atoms with E-state index in [-0.39, 0.29) is 12.6 Å². The molecule has 0 bridgehead atoms. The van der Waals surface area contributed by atoms with Crippen LogP contribution in [-0.4, -0.2) is 35.4 Å². The van der Waals surface area contributed by atoms with Crippen LogP contribution in [0.4, 0.5) is 8.78 Å². The van der Waals surface area contributed by atoms with Crippen LogP contribution in [0.2, 0.25) is 0 Å². The molecule has 12 heavy (non-hydrogen) atoms. The minimum atomic E-state index is -2.29. The molecule has 0 aromatic rings. The van der Waals surface area contributed by atoms with Gasteiger partial charge in [0.1, 0.15) is 0 Å². The molecule has 1 saturated heterocycles. The van der Waals surface area contributed by atoms with Crippen LogP contribution in [0.5, 0.6) is 0 Å². The number of hydrogen-bond acceptors (Lipinski definition) is 2. The minimum absolute atomic E-state index is 0.103. The molecule has 0 aromatic carbocycles. The second-order valence-electron chi connectivity index (χ2n) is 2.95. The molecule has 2 nitrogen and oxygen atoms in total. The third kappa shape index (κ3) is 2.35. The van der Waals surface area contributed by atoms with Crippen molar-refractivity contribution in [2.24, 2.45) is 5.73 Å². The average molecular weight is 194 g/mol. The van der Waals surface area contributed by atoms with Crippen LogP contribution in [0.15, 0.2) is 0 Å². The summed E-state index contributed by atoms with van der Waals surface area (Å²) in [5.74, 6) is 0. The van der Waals surface area contributed by atoms with Crippen LogP contribution < -0.4 is 5.73 Å². The van der Waals surface area contributed by atoms with E-state index in [4.69, 9.17) is 18.0 Å². The van der Waals surface area contributed by atoms with Gasteiger partial charge in [-0.05, 0) is 19.4 Å². The lowest BCUT2D eigenvalue weighted by atomic mass is 10.2. The largest absolute Gasteiger partial charge is 0.392 e. The van der Waals surface area contributed by atoms with Gasteiger partial charge in [-0.1, -0.05) is 12.2 Å². The van der Waals surface area contributed by atoms with E-state index in [1.807, 2.05) is 0 Å². The molecule has 0 amide bonds. The van der Waals surface area contributed by atoms with Crippen LogP contribution in [-0.2, 0) is 0 Å². The van der Waals surface area contributed by atoms with Gasteiger partial charge in [-0.2, -0.15) is 0 Å². The first-order valence-corrected chi connectivity index (χ1v) is 4.33. The smallest absolute Gasteiger partial charge is 0.251 e. The Kier molecular flexibility index (Phi) is 3.34. The highest BCUT2D eigenvalue weighted by atomic mass is 32.1. The summed E-state index contributed by atoms with van der Waals surface area (Å²) in [6.07, 6.45) is -0.559. The van der Waals surface area contributed by atoms with Gasteiger partial charge in [0.15, 0.2) is 0 Å². The monoisotopic (exact) mass is 194 g/mol. The zero-order chi connectivity index (χ0) is 9.14.